The zero-order valence-corrected chi connectivity index (χ0v) is 19.4. The average molecular weight is 486 g/mol. The Morgan fingerprint density at radius 3 is 1.50 bits per heavy atom. The third-order valence-corrected chi connectivity index (χ3v) is 4.16. The van der Waals surface area contributed by atoms with Gasteiger partial charge in [0, 0.05) is 17.7 Å². The number of nitrogens with one attached hydrogen (secondary N) is 1. The van der Waals surface area contributed by atoms with Crippen LogP contribution in [0.1, 0.15) is 27.1 Å². The molecule has 0 atom stereocenters. The Morgan fingerprint density at radius 2 is 1.09 bits per heavy atom. The van der Waals surface area contributed by atoms with Crippen LogP contribution >= 0.6 is 0 Å². The molecule has 0 aliphatic heterocycles. The maximum Gasteiger partial charge on any atom is 0.305 e. The van der Waals surface area contributed by atoms with E-state index in [0.717, 1.165) is 6.29 Å². The minimum absolute atomic E-state index is 0.00881. The van der Waals surface area contributed by atoms with Crippen LogP contribution in [0.4, 0.5) is 0 Å². The summed E-state index contributed by atoms with van der Waals surface area (Å²) in [7, 11) is 0. The molecule has 0 saturated carbocycles. The topological polar surface area (TPSA) is 139 Å². The van der Waals surface area contributed by atoms with Crippen molar-refractivity contribution in [2.45, 2.75) is 6.42 Å². The van der Waals surface area contributed by atoms with E-state index in [0.29, 0.717) is 90.3 Å². The van der Waals surface area contributed by atoms with Gasteiger partial charge < -0.3 is 38.8 Å². The second kappa shape index (κ2) is 21.1. The molecule has 0 heterocycles. The van der Waals surface area contributed by atoms with Gasteiger partial charge in [0.1, 0.15) is 6.29 Å². The van der Waals surface area contributed by atoms with E-state index in [-0.39, 0.29) is 18.9 Å². The fourth-order valence-corrected chi connectivity index (χ4v) is 2.41. The molecule has 2 N–H and O–H groups in total. The number of hydrogen-bond acceptors (Lipinski definition) is 9. The molecule has 0 radical (unpaired) electrons. The van der Waals surface area contributed by atoms with Crippen LogP contribution in [0.5, 0.6) is 0 Å². The molecule has 0 saturated heterocycles. The molecular formula is C23H35NO10. The van der Waals surface area contributed by atoms with Crippen LogP contribution < -0.4 is 5.32 Å². The molecule has 0 fully saturated rings. The van der Waals surface area contributed by atoms with Crippen molar-refractivity contribution < 1.29 is 47.9 Å². The highest BCUT2D eigenvalue weighted by Crippen LogP contribution is 2.02. The molecule has 1 aromatic rings. The largest absolute Gasteiger partial charge is 0.481 e. The van der Waals surface area contributed by atoms with Crippen molar-refractivity contribution in [2.75, 3.05) is 85.8 Å². The van der Waals surface area contributed by atoms with Crippen molar-refractivity contribution in [3.05, 3.63) is 35.4 Å². The van der Waals surface area contributed by atoms with Crippen molar-refractivity contribution >= 4 is 18.2 Å². The summed E-state index contributed by atoms with van der Waals surface area (Å²) in [6.45, 7) is 5.21. The minimum Gasteiger partial charge on any atom is -0.481 e. The monoisotopic (exact) mass is 485 g/mol. The van der Waals surface area contributed by atoms with Crippen molar-refractivity contribution in [3.8, 4) is 0 Å². The Kier molecular flexibility index (Phi) is 18.4. The van der Waals surface area contributed by atoms with Crippen LogP contribution in [0.15, 0.2) is 24.3 Å². The molecule has 34 heavy (non-hydrogen) atoms. The van der Waals surface area contributed by atoms with Gasteiger partial charge in [0.15, 0.2) is 0 Å². The highest BCUT2D eigenvalue weighted by molar-refractivity contribution is 5.94. The fourth-order valence-electron chi connectivity index (χ4n) is 2.41. The zero-order chi connectivity index (χ0) is 24.7. The molecular weight excluding hydrogens is 450 g/mol. The first-order valence-corrected chi connectivity index (χ1v) is 11.1. The van der Waals surface area contributed by atoms with E-state index in [1.807, 2.05) is 0 Å². The van der Waals surface area contributed by atoms with Crippen LogP contribution in [0.3, 0.4) is 0 Å². The van der Waals surface area contributed by atoms with Crippen LogP contribution in [-0.2, 0) is 33.2 Å². The van der Waals surface area contributed by atoms with Crippen molar-refractivity contribution in [3.63, 3.8) is 0 Å². The SMILES string of the molecule is O=Cc1ccc(C(=O)NCCOCCOCCOCCOCCOCCOCCC(=O)O)cc1. The maximum atomic E-state index is 11.9. The molecule has 192 valence electrons. The van der Waals surface area contributed by atoms with E-state index >= 15 is 0 Å². The second-order valence-corrected chi connectivity index (χ2v) is 6.81. The Bertz CT molecular complexity index is 668. The summed E-state index contributed by atoms with van der Waals surface area (Å²) in [5.41, 5.74) is 1.01. The van der Waals surface area contributed by atoms with Gasteiger partial charge in [0.2, 0.25) is 0 Å². The summed E-state index contributed by atoms with van der Waals surface area (Å²) < 4.78 is 31.9. The van der Waals surface area contributed by atoms with E-state index < -0.39 is 5.97 Å². The van der Waals surface area contributed by atoms with Gasteiger partial charge in [0.25, 0.3) is 5.91 Å². The lowest BCUT2D eigenvalue weighted by atomic mass is 10.1. The number of hydrogen-bond donors (Lipinski definition) is 2. The van der Waals surface area contributed by atoms with Crippen LogP contribution in [0, 0.1) is 0 Å². The number of ether oxygens (including phenoxy) is 6. The fraction of sp³-hybridized carbons (Fsp3) is 0.609. The standard InChI is InChI=1S/C23H35NO10/c25-19-20-1-3-21(4-2-20)23(28)24-6-8-30-10-12-32-14-16-34-18-17-33-15-13-31-11-9-29-7-5-22(26)27/h1-4,19H,5-18H2,(H,24,28)(H,26,27). The Labute approximate surface area is 199 Å². The van der Waals surface area contributed by atoms with Gasteiger partial charge in [-0.15, -0.1) is 0 Å². The number of rotatable bonds is 23. The van der Waals surface area contributed by atoms with E-state index in [1.54, 1.807) is 24.3 Å². The van der Waals surface area contributed by atoms with E-state index in [1.165, 1.54) is 0 Å². The minimum atomic E-state index is -0.881. The van der Waals surface area contributed by atoms with Gasteiger partial charge in [-0.1, -0.05) is 12.1 Å². The average Bonchev–Trinajstić information content (AvgIpc) is 2.84. The van der Waals surface area contributed by atoms with Gasteiger partial charge in [-0.05, 0) is 12.1 Å². The number of carboxylic acids is 1. The molecule has 0 aliphatic rings. The van der Waals surface area contributed by atoms with Crippen LogP contribution in [0.2, 0.25) is 0 Å². The molecule has 0 aromatic heterocycles. The highest BCUT2D eigenvalue weighted by Gasteiger charge is 2.04. The smallest absolute Gasteiger partial charge is 0.305 e. The van der Waals surface area contributed by atoms with Crippen LogP contribution in [0.25, 0.3) is 0 Å². The lowest BCUT2D eigenvalue weighted by molar-refractivity contribution is -0.138. The number of carboxylic acid groups (broad SMARTS) is 1. The molecule has 0 unspecified atom stereocenters. The third-order valence-electron chi connectivity index (χ3n) is 4.16. The molecule has 0 spiro atoms. The van der Waals surface area contributed by atoms with E-state index in [9.17, 15) is 14.4 Å². The maximum absolute atomic E-state index is 11.9. The Balaban J connectivity index is 1.76. The summed E-state index contributed by atoms with van der Waals surface area (Å²) >= 11 is 0. The van der Waals surface area contributed by atoms with Gasteiger partial charge in [-0.2, -0.15) is 0 Å². The highest BCUT2D eigenvalue weighted by atomic mass is 16.6. The van der Waals surface area contributed by atoms with E-state index in [4.69, 9.17) is 33.5 Å². The molecule has 1 aromatic carbocycles. The number of carbonyl (C=O) groups excluding carboxylic acids is 2. The summed E-state index contributed by atoms with van der Waals surface area (Å²) in [6, 6.07) is 6.39. The number of carbonyl (C=O) groups is 3. The lowest BCUT2D eigenvalue weighted by Crippen LogP contribution is -2.27. The Morgan fingerprint density at radius 1 is 0.676 bits per heavy atom. The summed E-state index contributed by atoms with van der Waals surface area (Å²) in [5, 5.41) is 11.2. The first-order valence-electron chi connectivity index (χ1n) is 11.1. The van der Waals surface area contributed by atoms with Crippen molar-refractivity contribution in [1.29, 1.82) is 0 Å². The van der Waals surface area contributed by atoms with Gasteiger partial charge in [0.05, 0.1) is 85.7 Å². The third kappa shape index (κ3) is 17.1. The molecule has 1 amide bonds. The first-order chi connectivity index (χ1) is 16.6. The number of aliphatic carboxylic acids is 1. The molecule has 11 heteroatoms. The van der Waals surface area contributed by atoms with Gasteiger partial charge in [-0.3, -0.25) is 14.4 Å². The number of amides is 1. The first kappa shape index (κ1) is 29.6. The van der Waals surface area contributed by atoms with Crippen molar-refractivity contribution in [1.82, 2.24) is 5.32 Å². The zero-order valence-electron chi connectivity index (χ0n) is 19.4. The lowest BCUT2D eigenvalue weighted by Gasteiger charge is -2.08. The second-order valence-electron chi connectivity index (χ2n) is 6.81. The van der Waals surface area contributed by atoms with E-state index in [2.05, 4.69) is 5.32 Å². The molecule has 0 bridgehead atoms. The molecule has 11 nitrogen and oxygen atoms in total. The van der Waals surface area contributed by atoms with Crippen LogP contribution in [-0.4, -0.2) is 109 Å². The predicted molar refractivity (Wildman–Crippen MR) is 121 cm³/mol. The normalized spacial score (nSPS) is 10.8. The predicted octanol–water partition coefficient (Wildman–Crippen LogP) is 0.803. The van der Waals surface area contributed by atoms with Gasteiger partial charge >= 0.3 is 5.97 Å². The van der Waals surface area contributed by atoms with Gasteiger partial charge in [-0.25, -0.2) is 0 Å². The number of aldehydes is 1. The molecule has 1 rings (SSSR count). The quantitative estimate of drug-likeness (QED) is 0.169. The number of benzene rings is 1. The summed E-state index contributed by atoms with van der Waals surface area (Å²) in [6.07, 6.45) is 0.720. The summed E-state index contributed by atoms with van der Waals surface area (Å²) in [5.74, 6) is -1.10. The summed E-state index contributed by atoms with van der Waals surface area (Å²) in [4.78, 5) is 32.8. The Hall–Kier alpha value is -2.41. The molecule has 0 aliphatic carbocycles. The van der Waals surface area contributed by atoms with Crippen molar-refractivity contribution in [2.24, 2.45) is 0 Å².